The van der Waals surface area contributed by atoms with Crippen LogP contribution in [0.2, 0.25) is 0 Å². The highest BCUT2D eigenvalue weighted by Gasteiger charge is 2.42. The summed E-state index contributed by atoms with van der Waals surface area (Å²) in [5.74, 6) is -1.38. The van der Waals surface area contributed by atoms with E-state index in [1.807, 2.05) is 0 Å². The fourth-order valence-electron chi connectivity index (χ4n) is 2.96. The molecule has 0 bridgehead atoms. The van der Waals surface area contributed by atoms with Crippen molar-refractivity contribution in [3.8, 4) is 5.75 Å². The first-order valence-corrected chi connectivity index (χ1v) is 7.73. The van der Waals surface area contributed by atoms with E-state index in [0.717, 1.165) is 12.8 Å². The van der Waals surface area contributed by atoms with Crippen LogP contribution in [0.5, 0.6) is 5.75 Å². The van der Waals surface area contributed by atoms with Gasteiger partial charge in [0.05, 0.1) is 13.5 Å². The van der Waals surface area contributed by atoms with Crippen molar-refractivity contribution >= 4 is 11.9 Å². The van der Waals surface area contributed by atoms with Gasteiger partial charge in [0.1, 0.15) is 5.54 Å². The molecule has 0 radical (unpaired) electrons. The van der Waals surface area contributed by atoms with Crippen LogP contribution >= 0.6 is 0 Å². The van der Waals surface area contributed by atoms with Gasteiger partial charge in [-0.25, -0.2) is 9.18 Å². The van der Waals surface area contributed by atoms with Crippen LogP contribution in [0.25, 0.3) is 0 Å². The second-order valence-corrected chi connectivity index (χ2v) is 6.26. The summed E-state index contributed by atoms with van der Waals surface area (Å²) < 4.78 is 18.5. The van der Waals surface area contributed by atoms with Gasteiger partial charge in [-0.2, -0.15) is 0 Å². The number of ether oxygens (including phenoxy) is 1. The summed E-state index contributed by atoms with van der Waals surface area (Å²) in [5.41, 5.74) is -0.722. The summed E-state index contributed by atoms with van der Waals surface area (Å²) in [7, 11) is 1.37. The maximum absolute atomic E-state index is 13.7. The number of hydrogen-bond donors (Lipinski definition) is 2. The molecule has 6 heteroatoms. The minimum absolute atomic E-state index is 0.0640. The quantitative estimate of drug-likeness (QED) is 0.873. The monoisotopic (exact) mass is 323 g/mol. The number of aliphatic carboxylic acids is 1. The lowest BCUT2D eigenvalue weighted by atomic mass is 9.77. The summed E-state index contributed by atoms with van der Waals surface area (Å²) in [5, 5.41) is 12.2. The van der Waals surface area contributed by atoms with Gasteiger partial charge in [0.2, 0.25) is 5.91 Å². The van der Waals surface area contributed by atoms with Gasteiger partial charge in [0.25, 0.3) is 0 Å². The highest BCUT2D eigenvalue weighted by Crippen LogP contribution is 2.32. The predicted octanol–water partition coefficient (Wildman–Crippen LogP) is 2.53. The minimum atomic E-state index is -1.20. The third kappa shape index (κ3) is 4.00. The third-order valence-corrected chi connectivity index (χ3v) is 4.50. The molecule has 2 rings (SSSR count). The molecule has 0 aromatic heterocycles. The zero-order valence-electron chi connectivity index (χ0n) is 13.4. The molecule has 0 aliphatic heterocycles. The predicted molar refractivity (Wildman–Crippen MR) is 82.8 cm³/mol. The number of carboxylic acids is 1. The molecular weight excluding hydrogens is 301 g/mol. The van der Waals surface area contributed by atoms with Crippen LogP contribution in [0.15, 0.2) is 18.2 Å². The average molecular weight is 323 g/mol. The molecular formula is C17H22FNO4. The molecule has 0 atom stereocenters. The van der Waals surface area contributed by atoms with Crippen LogP contribution < -0.4 is 10.1 Å². The average Bonchev–Trinajstić information content (AvgIpc) is 2.49. The van der Waals surface area contributed by atoms with Crippen molar-refractivity contribution in [2.45, 2.75) is 44.6 Å². The molecule has 1 aromatic rings. The molecule has 0 unspecified atom stereocenters. The molecule has 1 amide bonds. The number of hydrogen-bond acceptors (Lipinski definition) is 3. The summed E-state index contributed by atoms with van der Waals surface area (Å²) in [6, 6.07) is 4.28. The zero-order valence-corrected chi connectivity index (χ0v) is 13.4. The highest BCUT2D eigenvalue weighted by atomic mass is 19.1. The lowest BCUT2D eigenvalue weighted by Crippen LogP contribution is -2.56. The smallest absolute Gasteiger partial charge is 0.329 e. The Morgan fingerprint density at radius 3 is 2.57 bits per heavy atom. The molecule has 23 heavy (non-hydrogen) atoms. The number of halogens is 1. The fraction of sp³-hybridized carbons (Fsp3) is 0.529. The van der Waals surface area contributed by atoms with E-state index in [1.165, 1.54) is 19.2 Å². The molecule has 1 aliphatic carbocycles. The molecule has 0 saturated heterocycles. The standard InChI is InChI=1S/C17H22FNO4/c1-11-5-7-17(8-6-11,16(21)22)19-15(20)10-12-3-4-14(23-2)13(18)9-12/h3-4,9,11H,5-8,10H2,1-2H3,(H,19,20)(H,21,22). The van der Waals surface area contributed by atoms with Crippen molar-refractivity contribution in [1.29, 1.82) is 0 Å². The number of methoxy groups -OCH3 is 1. The molecule has 5 nitrogen and oxygen atoms in total. The van der Waals surface area contributed by atoms with Gasteiger partial charge in [-0.15, -0.1) is 0 Å². The van der Waals surface area contributed by atoms with Gasteiger partial charge in [-0.1, -0.05) is 13.0 Å². The van der Waals surface area contributed by atoms with Crippen LogP contribution in [0.3, 0.4) is 0 Å². The molecule has 1 fully saturated rings. The van der Waals surface area contributed by atoms with Gasteiger partial charge >= 0.3 is 5.97 Å². The van der Waals surface area contributed by atoms with E-state index in [9.17, 15) is 19.1 Å². The number of nitrogens with one attached hydrogen (secondary N) is 1. The van der Waals surface area contributed by atoms with E-state index in [2.05, 4.69) is 12.2 Å². The Morgan fingerprint density at radius 2 is 2.04 bits per heavy atom. The van der Waals surface area contributed by atoms with Gasteiger partial charge < -0.3 is 15.2 Å². The molecule has 126 valence electrons. The van der Waals surface area contributed by atoms with E-state index >= 15 is 0 Å². The van der Waals surface area contributed by atoms with E-state index < -0.39 is 23.2 Å². The van der Waals surface area contributed by atoms with Crippen LogP contribution in [-0.4, -0.2) is 29.6 Å². The topological polar surface area (TPSA) is 75.6 Å². The van der Waals surface area contributed by atoms with Crippen molar-refractivity contribution in [2.75, 3.05) is 7.11 Å². The Bertz CT molecular complexity index is 594. The number of carbonyl (C=O) groups is 2. The lowest BCUT2D eigenvalue weighted by molar-refractivity contribution is -0.149. The Hall–Kier alpha value is -2.11. The van der Waals surface area contributed by atoms with Crippen LogP contribution in [0.1, 0.15) is 38.2 Å². The highest BCUT2D eigenvalue weighted by molar-refractivity contribution is 5.88. The number of carboxylic acid groups (broad SMARTS) is 1. The second-order valence-electron chi connectivity index (χ2n) is 6.26. The minimum Gasteiger partial charge on any atom is -0.494 e. The van der Waals surface area contributed by atoms with Crippen LogP contribution in [0, 0.1) is 11.7 Å². The van der Waals surface area contributed by atoms with E-state index in [4.69, 9.17) is 4.74 Å². The maximum Gasteiger partial charge on any atom is 0.329 e. The van der Waals surface area contributed by atoms with Gasteiger partial charge in [-0.05, 0) is 49.3 Å². The summed E-state index contributed by atoms with van der Waals surface area (Å²) in [6.45, 7) is 2.08. The van der Waals surface area contributed by atoms with Gasteiger partial charge in [0.15, 0.2) is 11.6 Å². The fourth-order valence-corrected chi connectivity index (χ4v) is 2.96. The number of rotatable bonds is 5. The number of amides is 1. The Morgan fingerprint density at radius 1 is 1.39 bits per heavy atom. The SMILES string of the molecule is COc1ccc(CC(=O)NC2(C(=O)O)CCC(C)CC2)cc1F. The molecule has 2 N–H and O–H groups in total. The first-order valence-electron chi connectivity index (χ1n) is 7.73. The Balaban J connectivity index is 2.05. The summed E-state index contributed by atoms with van der Waals surface area (Å²) >= 11 is 0. The van der Waals surface area contributed by atoms with Gasteiger partial charge in [-0.3, -0.25) is 4.79 Å². The van der Waals surface area contributed by atoms with E-state index in [0.29, 0.717) is 24.3 Å². The van der Waals surface area contributed by atoms with Crippen molar-refractivity contribution in [2.24, 2.45) is 5.92 Å². The third-order valence-electron chi connectivity index (χ3n) is 4.50. The molecule has 0 spiro atoms. The number of benzene rings is 1. The van der Waals surface area contributed by atoms with Crippen LogP contribution in [-0.2, 0) is 16.0 Å². The van der Waals surface area contributed by atoms with Crippen molar-refractivity contribution in [1.82, 2.24) is 5.32 Å². The second kappa shape index (κ2) is 6.98. The Labute approximate surface area is 134 Å². The molecule has 1 aromatic carbocycles. The largest absolute Gasteiger partial charge is 0.494 e. The lowest BCUT2D eigenvalue weighted by Gasteiger charge is -2.36. The van der Waals surface area contributed by atoms with Gasteiger partial charge in [0, 0.05) is 0 Å². The summed E-state index contributed by atoms with van der Waals surface area (Å²) in [4.78, 5) is 23.8. The van der Waals surface area contributed by atoms with Crippen LogP contribution in [0.4, 0.5) is 4.39 Å². The van der Waals surface area contributed by atoms with Crippen molar-refractivity contribution in [3.05, 3.63) is 29.6 Å². The Kier molecular flexibility index (Phi) is 5.23. The first-order chi connectivity index (χ1) is 10.9. The molecule has 1 saturated carbocycles. The van der Waals surface area contributed by atoms with E-state index in [1.54, 1.807) is 6.07 Å². The normalized spacial score (nSPS) is 24.0. The zero-order chi connectivity index (χ0) is 17.0. The molecule has 0 heterocycles. The van der Waals surface area contributed by atoms with Crippen molar-refractivity contribution < 1.29 is 23.8 Å². The maximum atomic E-state index is 13.7. The first kappa shape index (κ1) is 17.2. The van der Waals surface area contributed by atoms with Crippen molar-refractivity contribution in [3.63, 3.8) is 0 Å². The summed E-state index contributed by atoms with van der Waals surface area (Å²) in [6.07, 6.45) is 2.32. The number of carbonyl (C=O) groups excluding carboxylic acids is 1. The van der Waals surface area contributed by atoms with E-state index in [-0.39, 0.29) is 12.2 Å². The molecule has 1 aliphatic rings.